The minimum atomic E-state index is -0.505. The van der Waals surface area contributed by atoms with Crippen LogP contribution in [0.15, 0.2) is 72.9 Å². The van der Waals surface area contributed by atoms with Crippen LogP contribution in [-0.4, -0.2) is 32.0 Å². The highest BCUT2D eigenvalue weighted by atomic mass is 16.6. The Morgan fingerprint density at radius 3 is 1.97 bits per heavy atom. The summed E-state index contributed by atoms with van der Waals surface area (Å²) in [6.07, 6.45) is 6.80. The maximum absolute atomic E-state index is 12.2. The third-order valence-corrected chi connectivity index (χ3v) is 4.91. The summed E-state index contributed by atoms with van der Waals surface area (Å²) < 4.78 is 16.1. The average Bonchev–Trinajstić information content (AvgIpc) is 2.87. The number of allylic oxidation sites excluding steroid dienone is 1. The molecule has 0 spiro atoms. The fourth-order valence-electron chi connectivity index (χ4n) is 3.14. The van der Waals surface area contributed by atoms with Crippen molar-refractivity contribution in [1.82, 2.24) is 0 Å². The van der Waals surface area contributed by atoms with Crippen molar-refractivity contribution in [3.8, 4) is 17.2 Å². The SMILES string of the molecule is COc1cc(/C=C\c2ccc(N/C=C\C(=O)c3ccc([N+](=O)[O-])cc3)cc2)cc(OC)c1OC. The van der Waals surface area contributed by atoms with Crippen LogP contribution in [0.2, 0.25) is 0 Å². The van der Waals surface area contributed by atoms with E-state index < -0.39 is 4.92 Å². The molecule has 0 aliphatic carbocycles. The molecule has 174 valence electrons. The summed E-state index contributed by atoms with van der Waals surface area (Å²) in [5.41, 5.74) is 2.99. The predicted molar refractivity (Wildman–Crippen MR) is 132 cm³/mol. The topological polar surface area (TPSA) is 99.9 Å². The molecule has 0 bridgehead atoms. The number of rotatable bonds is 10. The first kappa shape index (κ1) is 24.1. The van der Waals surface area contributed by atoms with E-state index in [1.54, 1.807) is 21.3 Å². The number of non-ortho nitro benzene ring substituents is 1. The number of hydrogen-bond acceptors (Lipinski definition) is 7. The van der Waals surface area contributed by atoms with Crippen molar-refractivity contribution in [3.63, 3.8) is 0 Å². The normalized spacial score (nSPS) is 10.9. The van der Waals surface area contributed by atoms with E-state index >= 15 is 0 Å². The van der Waals surface area contributed by atoms with Gasteiger partial charge in [0.25, 0.3) is 5.69 Å². The van der Waals surface area contributed by atoms with Crippen molar-refractivity contribution in [2.75, 3.05) is 26.6 Å². The number of nitro benzene ring substituents is 1. The second kappa shape index (κ2) is 11.3. The van der Waals surface area contributed by atoms with Crippen molar-refractivity contribution in [2.45, 2.75) is 0 Å². The molecular weight excluding hydrogens is 436 g/mol. The summed E-state index contributed by atoms with van der Waals surface area (Å²) in [5, 5.41) is 13.7. The predicted octanol–water partition coefficient (Wildman–Crippen LogP) is 5.60. The number of ether oxygens (including phenoxy) is 3. The van der Waals surface area contributed by atoms with Gasteiger partial charge < -0.3 is 19.5 Å². The first-order valence-corrected chi connectivity index (χ1v) is 10.2. The van der Waals surface area contributed by atoms with Crippen LogP contribution in [0, 0.1) is 10.1 Å². The summed E-state index contributed by atoms with van der Waals surface area (Å²) in [4.78, 5) is 22.4. The molecule has 0 unspecified atom stereocenters. The molecule has 3 aromatic carbocycles. The molecule has 0 aliphatic heterocycles. The van der Waals surface area contributed by atoms with E-state index in [9.17, 15) is 14.9 Å². The van der Waals surface area contributed by atoms with Crippen molar-refractivity contribution >= 4 is 29.3 Å². The molecule has 0 saturated carbocycles. The minimum absolute atomic E-state index is 0.0574. The van der Waals surface area contributed by atoms with Crippen molar-refractivity contribution in [3.05, 3.63) is 99.7 Å². The maximum atomic E-state index is 12.2. The highest BCUT2D eigenvalue weighted by Gasteiger charge is 2.12. The number of nitro groups is 1. The molecule has 0 radical (unpaired) electrons. The molecule has 0 saturated heterocycles. The van der Waals surface area contributed by atoms with Gasteiger partial charge in [-0.25, -0.2) is 0 Å². The Kier molecular flexibility index (Phi) is 8.02. The van der Waals surface area contributed by atoms with Crippen LogP contribution in [-0.2, 0) is 0 Å². The van der Waals surface area contributed by atoms with Gasteiger partial charge in [0, 0.05) is 35.7 Å². The van der Waals surface area contributed by atoms with Crippen LogP contribution in [0.5, 0.6) is 17.2 Å². The number of carbonyl (C=O) groups is 1. The number of anilines is 1. The summed E-state index contributed by atoms with van der Waals surface area (Å²) in [7, 11) is 4.71. The third-order valence-electron chi connectivity index (χ3n) is 4.91. The third kappa shape index (κ3) is 6.01. The molecule has 3 rings (SSSR count). The van der Waals surface area contributed by atoms with Gasteiger partial charge in [-0.2, -0.15) is 0 Å². The fraction of sp³-hybridized carbons (Fsp3) is 0.115. The molecule has 8 heteroatoms. The molecule has 0 heterocycles. The van der Waals surface area contributed by atoms with E-state index in [1.807, 2.05) is 48.6 Å². The Hall–Kier alpha value is -4.59. The first-order valence-electron chi connectivity index (χ1n) is 10.2. The number of carbonyl (C=O) groups excluding carboxylic acids is 1. The Morgan fingerprint density at radius 1 is 0.853 bits per heavy atom. The fourth-order valence-corrected chi connectivity index (χ4v) is 3.14. The molecule has 0 aromatic heterocycles. The van der Waals surface area contributed by atoms with E-state index in [-0.39, 0.29) is 11.5 Å². The number of nitrogens with one attached hydrogen (secondary N) is 1. The van der Waals surface area contributed by atoms with Crippen molar-refractivity contribution in [2.24, 2.45) is 0 Å². The Balaban J connectivity index is 1.62. The number of nitrogens with zero attached hydrogens (tertiary/aromatic N) is 1. The lowest BCUT2D eigenvalue weighted by Crippen LogP contribution is -1.97. The average molecular weight is 460 g/mol. The van der Waals surface area contributed by atoms with E-state index in [0.29, 0.717) is 22.8 Å². The highest BCUT2D eigenvalue weighted by Crippen LogP contribution is 2.38. The van der Waals surface area contributed by atoms with Gasteiger partial charge in [0.15, 0.2) is 17.3 Å². The zero-order valence-electron chi connectivity index (χ0n) is 19.0. The van der Waals surface area contributed by atoms with Crippen LogP contribution in [0.1, 0.15) is 21.5 Å². The number of hydrogen-bond donors (Lipinski definition) is 1. The molecule has 0 atom stereocenters. The summed E-state index contributed by atoms with van der Waals surface area (Å²) in [5.74, 6) is 1.44. The van der Waals surface area contributed by atoms with Gasteiger partial charge >= 0.3 is 0 Å². The zero-order chi connectivity index (χ0) is 24.5. The molecule has 0 fully saturated rings. The van der Waals surface area contributed by atoms with Gasteiger partial charge in [-0.05, 0) is 47.5 Å². The molecule has 3 aromatic rings. The van der Waals surface area contributed by atoms with Crippen LogP contribution in [0.3, 0.4) is 0 Å². The molecule has 0 amide bonds. The Labute approximate surface area is 197 Å². The van der Waals surface area contributed by atoms with Gasteiger partial charge in [0.1, 0.15) is 0 Å². The van der Waals surface area contributed by atoms with E-state index in [2.05, 4.69) is 5.32 Å². The number of methoxy groups -OCH3 is 3. The zero-order valence-corrected chi connectivity index (χ0v) is 19.0. The largest absolute Gasteiger partial charge is 0.493 e. The maximum Gasteiger partial charge on any atom is 0.269 e. The quantitative estimate of drug-likeness (QED) is 0.138. The lowest BCUT2D eigenvalue weighted by Gasteiger charge is -2.12. The summed E-state index contributed by atoms with van der Waals surface area (Å²) in [6, 6.07) is 16.8. The smallest absolute Gasteiger partial charge is 0.269 e. The molecular formula is C26H24N2O6. The van der Waals surface area contributed by atoms with Crippen LogP contribution >= 0.6 is 0 Å². The van der Waals surface area contributed by atoms with Gasteiger partial charge in [0.05, 0.1) is 26.3 Å². The van der Waals surface area contributed by atoms with E-state index in [0.717, 1.165) is 16.8 Å². The first-order chi connectivity index (χ1) is 16.4. The summed E-state index contributed by atoms with van der Waals surface area (Å²) in [6.45, 7) is 0. The van der Waals surface area contributed by atoms with E-state index in [4.69, 9.17) is 14.2 Å². The monoisotopic (exact) mass is 460 g/mol. The lowest BCUT2D eigenvalue weighted by molar-refractivity contribution is -0.384. The second-order valence-electron chi connectivity index (χ2n) is 7.06. The second-order valence-corrected chi connectivity index (χ2v) is 7.06. The van der Waals surface area contributed by atoms with Gasteiger partial charge in [-0.3, -0.25) is 14.9 Å². The van der Waals surface area contributed by atoms with Crippen molar-refractivity contribution < 1.29 is 23.9 Å². The molecule has 8 nitrogen and oxygen atoms in total. The molecule has 0 aliphatic rings. The van der Waals surface area contributed by atoms with E-state index in [1.165, 1.54) is 36.5 Å². The number of ketones is 1. The Morgan fingerprint density at radius 2 is 1.44 bits per heavy atom. The highest BCUT2D eigenvalue weighted by molar-refractivity contribution is 6.04. The van der Waals surface area contributed by atoms with Gasteiger partial charge in [-0.1, -0.05) is 24.3 Å². The standard InChI is InChI=1S/C26H24N2O6/c1-32-24-16-19(17-25(33-2)26(24)34-3)5-4-18-6-10-21(11-7-18)27-15-14-23(29)20-8-12-22(13-9-20)28(30)31/h4-17,27H,1-3H3/b5-4-,15-14-. The molecule has 34 heavy (non-hydrogen) atoms. The van der Waals surface area contributed by atoms with Crippen LogP contribution < -0.4 is 19.5 Å². The van der Waals surface area contributed by atoms with Crippen LogP contribution in [0.4, 0.5) is 11.4 Å². The minimum Gasteiger partial charge on any atom is -0.493 e. The van der Waals surface area contributed by atoms with Gasteiger partial charge in [-0.15, -0.1) is 0 Å². The van der Waals surface area contributed by atoms with Crippen LogP contribution in [0.25, 0.3) is 12.2 Å². The Bertz CT molecular complexity index is 1190. The lowest BCUT2D eigenvalue weighted by atomic mass is 10.1. The van der Waals surface area contributed by atoms with Gasteiger partial charge in [0.2, 0.25) is 5.75 Å². The van der Waals surface area contributed by atoms with Crippen molar-refractivity contribution in [1.29, 1.82) is 0 Å². The molecule has 1 N–H and O–H groups in total. The number of benzene rings is 3. The summed E-state index contributed by atoms with van der Waals surface area (Å²) >= 11 is 0.